The molecule has 41 heavy (non-hydrogen) atoms. The van der Waals surface area contributed by atoms with Gasteiger partial charge in [-0.05, 0) is 72.2 Å². The Bertz CT molecular complexity index is 1330. The molecule has 1 aromatic carbocycles. The monoisotopic (exact) mass is 586 g/mol. The molecule has 1 aliphatic rings. The van der Waals surface area contributed by atoms with Gasteiger partial charge in [0, 0.05) is 30.8 Å². The fraction of sp³-hybridized carbons (Fsp3) is 0.517. The van der Waals surface area contributed by atoms with Crippen LogP contribution in [0.2, 0.25) is 5.02 Å². The Kier molecular flexibility index (Phi) is 10.4. The zero-order chi connectivity index (χ0) is 29.5. The van der Waals surface area contributed by atoms with Crippen molar-refractivity contribution in [1.82, 2.24) is 25.3 Å². The highest BCUT2D eigenvalue weighted by Crippen LogP contribution is 2.36. The summed E-state index contributed by atoms with van der Waals surface area (Å²) >= 11 is 6.65. The smallest absolute Gasteiger partial charge is 0.410 e. The first-order valence-corrected chi connectivity index (χ1v) is 14.4. The number of ether oxygens (including phenoxy) is 2. The summed E-state index contributed by atoms with van der Waals surface area (Å²) in [5.41, 5.74) is 3.57. The number of benzene rings is 1. The number of amides is 1. The van der Waals surface area contributed by atoms with Crippen molar-refractivity contribution in [1.29, 1.82) is 0 Å². The number of carbonyl (C=O) groups is 1. The lowest BCUT2D eigenvalue weighted by Gasteiger charge is -2.35. The first kappa shape index (κ1) is 30.5. The van der Waals surface area contributed by atoms with Crippen LogP contribution in [0, 0.1) is 20.8 Å². The lowest BCUT2D eigenvalue weighted by atomic mass is 10.0. The Hall–Kier alpha value is -3.41. The van der Waals surface area contributed by atoms with Crippen molar-refractivity contribution >= 4 is 23.5 Å². The van der Waals surface area contributed by atoms with E-state index in [0.29, 0.717) is 71.4 Å². The van der Waals surface area contributed by atoms with E-state index in [1.165, 1.54) is 0 Å². The van der Waals surface area contributed by atoms with Gasteiger partial charge in [0.05, 0.1) is 34.6 Å². The van der Waals surface area contributed by atoms with E-state index < -0.39 is 6.10 Å². The van der Waals surface area contributed by atoms with Crippen molar-refractivity contribution in [3.05, 3.63) is 40.2 Å². The number of aryl methyl sites for hydroxylation is 2. The number of carbonyl (C=O) groups excluding carboxylic acids is 1. The molecule has 1 amide bonds. The van der Waals surface area contributed by atoms with Crippen molar-refractivity contribution in [2.45, 2.75) is 59.1 Å². The number of likely N-dealkylation sites (N-methyl/N-ethyl adjacent to an activating group) is 1. The highest BCUT2D eigenvalue weighted by Gasteiger charge is 2.28. The number of hydrogen-bond acceptors (Lipinski definition) is 10. The van der Waals surface area contributed by atoms with Crippen LogP contribution >= 0.6 is 11.6 Å². The predicted molar refractivity (Wildman–Crippen MR) is 157 cm³/mol. The van der Waals surface area contributed by atoms with Crippen LogP contribution in [0.5, 0.6) is 5.75 Å². The largest absolute Gasteiger partial charge is 0.491 e. The van der Waals surface area contributed by atoms with Gasteiger partial charge in [-0.1, -0.05) is 16.8 Å². The van der Waals surface area contributed by atoms with Gasteiger partial charge in [0.15, 0.2) is 5.82 Å². The second-order valence-corrected chi connectivity index (χ2v) is 10.6. The number of halogens is 1. The maximum Gasteiger partial charge on any atom is 0.410 e. The molecule has 3 heterocycles. The summed E-state index contributed by atoms with van der Waals surface area (Å²) in [7, 11) is 1.77. The zero-order valence-corrected chi connectivity index (χ0v) is 25.0. The number of rotatable bonds is 11. The third-order valence-electron chi connectivity index (χ3n) is 7.11. The average molecular weight is 587 g/mol. The lowest BCUT2D eigenvalue weighted by Crippen LogP contribution is -2.47. The second kappa shape index (κ2) is 14.0. The molecule has 2 aromatic heterocycles. The van der Waals surface area contributed by atoms with Crippen LogP contribution in [0.3, 0.4) is 0 Å². The molecule has 0 radical (unpaired) electrons. The van der Waals surface area contributed by atoms with E-state index in [1.54, 1.807) is 30.1 Å². The molecule has 1 unspecified atom stereocenters. The van der Waals surface area contributed by atoms with E-state index in [1.807, 2.05) is 27.7 Å². The highest BCUT2D eigenvalue weighted by atomic mass is 35.5. The van der Waals surface area contributed by atoms with E-state index in [4.69, 9.17) is 35.6 Å². The van der Waals surface area contributed by atoms with Crippen molar-refractivity contribution in [2.24, 2.45) is 0 Å². The molecule has 222 valence electrons. The number of piperidine rings is 1. The third-order valence-corrected chi connectivity index (χ3v) is 7.44. The molecule has 3 N–H and O–H groups in total. The van der Waals surface area contributed by atoms with Crippen molar-refractivity contribution < 1.29 is 23.9 Å². The molecule has 4 rings (SSSR count). The molecule has 12 heteroatoms. The average Bonchev–Trinajstić information content (AvgIpc) is 3.29. The molecule has 0 spiro atoms. The molecular weight excluding hydrogens is 548 g/mol. The van der Waals surface area contributed by atoms with Crippen LogP contribution < -0.4 is 15.4 Å². The van der Waals surface area contributed by atoms with E-state index in [-0.39, 0.29) is 18.7 Å². The van der Waals surface area contributed by atoms with Gasteiger partial charge in [0.2, 0.25) is 0 Å². The Morgan fingerprint density at radius 1 is 1.27 bits per heavy atom. The zero-order valence-electron chi connectivity index (χ0n) is 24.3. The molecule has 3 aromatic rings. The van der Waals surface area contributed by atoms with Crippen LogP contribution in [0.15, 0.2) is 22.7 Å². The number of nitrogens with zero attached hydrogens (tertiary/aromatic N) is 4. The fourth-order valence-electron chi connectivity index (χ4n) is 5.00. The molecule has 0 bridgehead atoms. The maximum atomic E-state index is 12.6. The van der Waals surface area contributed by atoms with E-state index in [9.17, 15) is 9.90 Å². The Labute approximate surface area is 245 Å². The summed E-state index contributed by atoms with van der Waals surface area (Å²) in [6, 6.07) is 5.20. The van der Waals surface area contributed by atoms with Crippen LogP contribution in [0.4, 0.5) is 10.6 Å². The Morgan fingerprint density at radius 3 is 2.78 bits per heavy atom. The first-order chi connectivity index (χ1) is 19.7. The quantitative estimate of drug-likeness (QED) is 0.288. The topological polar surface area (TPSA) is 135 Å². The summed E-state index contributed by atoms with van der Waals surface area (Å²) in [5, 5.41) is 21.1. The number of nitrogens with one attached hydrogen (secondary N) is 2. The molecule has 11 nitrogen and oxygen atoms in total. The first-order valence-electron chi connectivity index (χ1n) is 14.0. The van der Waals surface area contributed by atoms with Crippen LogP contribution in [-0.2, 0) is 4.74 Å². The van der Waals surface area contributed by atoms with Gasteiger partial charge in [0.25, 0.3) is 0 Å². The molecule has 0 saturated carbocycles. The molecular formula is C29H39ClN6O5. The molecule has 0 aliphatic carbocycles. The minimum absolute atomic E-state index is 0.0347. The van der Waals surface area contributed by atoms with Crippen molar-refractivity contribution in [3.63, 3.8) is 0 Å². The van der Waals surface area contributed by atoms with Gasteiger partial charge in [-0.15, -0.1) is 0 Å². The highest BCUT2D eigenvalue weighted by molar-refractivity contribution is 6.33. The van der Waals surface area contributed by atoms with Gasteiger partial charge >= 0.3 is 6.09 Å². The van der Waals surface area contributed by atoms with E-state index in [2.05, 4.69) is 15.8 Å². The van der Waals surface area contributed by atoms with Crippen LogP contribution in [0.1, 0.15) is 43.2 Å². The second-order valence-electron chi connectivity index (χ2n) is 10.2. The molecule has 1 aliphatic heterocycles. The van der Waals surface area contributed by atoms with Gasteiger partial charge in [0.1, 0.15) is 30.0 Å². The number of aromatic nitrogens is 3. The van der Waals surface area contributed by atoms with E-state index in [0.717, 1.165) is 30.4 Å². The molecule has 2 atom stereocenters. The van der Waals surface area contributed by atoms with Crippen molar-refractivity contribution in [3.8, 4) is 28.4 Å². The molecule has 1 saturated heterocycles. The summed E-state index contributed by atoms with van der Waals surface area (Å²) in [4.78, 5) is 24.2. The van der Waals surface area contributed by atoms with Gasteiger partial charge in [-0.3, -0.25) is 0 Å². The van der Waals surface area contributed by atoms with Gasteiger partial charge in [-0.2, -0.15) is 0 Å². The minimum Gasteiger partial charge on any atom is -0.491 e. The number of aliphatic hydroxyl groups excluding tert-OH is 1. The number of hydrogen-bond donors (Lipinski definition) is 3. The number of anilines is 1. The normalized spacial score (nSPS) is 16.0. The van der Waals surface area contributed by atoms with Crippen LogP contribution in [0.25, 0.3) is 22.6 Å². The molecule has 1 fully saturated rings. The Morgan fingerprint density at radius 2 is 2.07 bits per heavy atom. The fourth-order valence-corrected chi connectivity index (χ4v) is 5.20. The lowest BCUT2D eigenvalue weighted by molar-refractivity contribution is 0.0797. The summed E-state index contributed by atoms with van der Waals surface area (Å²) in [6.07, 6.45) is 1.89. The number of likely N-dealkylation sites (tertiary alicyclic amines) is 1. The maximum absolute atomic E-state index is 12.6. The summed E-state index contributed by atoms with van der Waals surface area (Å²) in [5.74, 6) is 2.18. The number of aliphatic hydroxyl groups is 1. The summed E-state index contributed by atoms with van der Waals surface area (Å²) < 4.78 is 16.6. The van der Waals surface area contributed by atoms with Crippen LogP contribution in [-0.4, -0.2) is 83.3 Å². The third kappa shape index (κ3) is 7.27. The standard InChI is InChI=1S/C29H39ClN6O5/c1-6-39-29(38)36-12-8-7-9-20(36)14-32-27-17(2)26(25-18(3)35-41-19(25)4)33-28(34-27)23-13-22(10-11-24(23)30)40-16-21(37)15-31-5/h10-11,13,20-21,31,37H,6-9,12,14-16H2,1-5H3,(H,32,33,34)/t20?,21-/m0/s1. The van der Waals surface area contributed by atoms with Gasteiger partial charge < -0.3 is 34.6 Å². The van der Waals surface area contributed by atoms with Crippen molar-refractivity contribution in [2.75, 3.05) is 45.2 Å². The van der Waals surface area contributed by atoms with Gasteiger partial charge in [-0.25, -0.2) is 14.8 Å². The SMILES string of the molecule is CCOC(=O)N1CCCCC1CNc1nc(-c2cc(OC[C@@H](O)CNC)ccc2Cl)nc(-c2c(C)noc2C)c1C. The Balaban J connectivity index is 1.70. The van der Waals surface area contributed by atoms with E-state index >= 15 is 0 Å². The predicted octanol–water partition coefficient (Wildman–Crippen LogP) is 4.76. The minimum atomic E-state index is -0.661. The summed E-state index contributed by atoms with van der Waals surface area (Å²) in [6.45, 7) is 9.50.